The number of hydrogen-bond donors (Lipinski definition) is 1. The molecule has 84 valence electrons. The molecule has 5 nitrogen and oxygen atoms in total. The zero-order valence-corrected chi connectivity index (χ0v) is 9.13. The number of ether oxygens (including phenoxy) is 1. The van der Waals surface area contributed by atoms with Crippen LogP contribution in [-0.4, -0.2) is 14.8 Å². The highest BCUT2D eigenvalue weighted by atomic mass is 16.5. The van der Waals surface area contributed by atoms with Crippen LogP contribution >= 0.6 is 0 Å². The Labute approximate surface area is 93.9 Å². The summed E-state index contributed by atoms with van der Waals surface area (Å²) >= 11 is 0. The van der Waals surface area contributed by atoms with E-state index in [1.165, 1.54) is 0 Å². The van der Waals surface area contributed by atoms with Gasteiger partial charge in [0.25, 0.3) is 0 Å². The number of pyridine rings is 1. The molecule has 0 bridgehead atoms. The lowest BCUT2D eigenvalue weighted by Gasteiger charge is -2.03. The van der Waals surface area contributed by atoms with E-state index in [9.17, 15) is 0 Å². The van der Waals surface area contributed by atoms with Crippen LogP contribution in [0, 0.1) is 0 Å². The Hall–Kier alpha value is -1.88. The maximum absolute atomic E-state index is 5.60. The Kier molecular flexibility index (Phi) is 3.16. The summed E-state index contributed by atoms with van der Waals surface area (Å²) in [5.41, 5.74) is 6.47. The second-order valence-corrected chi connectivity index (χ2v) is 3.37. The van der Waals surface area contributed by atoms with Gasteiger partial charge in [0, 0.05) is 19.3 Å². The van der Waals surface area contributed by atoms with Crippen molar-refractivity contribution >= 4 is 0 Å². The van der Waals surface area contributed by atoms with Gasteiger partial charge in [0.2, 0.25) is 0 Å². The molecule has 2 aromatic heterocycles. The summed E-state index contributed by atoms with van der Waals surface area (Å²) < 4.78 is 7.40. The third-order valence-electron chi connectivity index (χ3n) is 2.17. The number of aromatic nitrogens is 3. The highest BCUT2D eigenvalue weighted by Crippen LogP contribution is 2.20. The minimum absolute atomic E-state index is 0.457. The Morgan fingerprint density at radius 1 is 1.31 bits per heavy atom. The molecule has 0 aromatic carbocycles. The second-order valence-electron chi connectivity index (χ2n) is 3.37. The van der Waals surface area contributed by atoms with Crippen molar-refractivity contribution in [2.45, 2.75) is 20.0 Å². The molecule has 2 rings (SSSR count). The minimum atomic E-state index is 0.457. The van der Waals surface area contributed by atoms with Crippen molar-refractivity contribution in [2.24, 2.45) is 5.73 Å². The van der Waals surface area contributed by atoms with Crippen LogP contribution in [0.4, 0.5) is 0 Å². The van der Waals surface area contributed by atoms with Gasteiger partial charge < -0.3 is 10.5 Å². The first kappa shape index (κ1) is 10.6. The van der Waals surface area contributed by atoms with E-state index in [1.807, 2.05) is 19.2 Å². The van der Waals surface area contributed by atoms with Crippen LogP contribution in [0.25, 0.3) is 0 Å². The highest BCUT2D eigenvalue weighted by molar-refractivity contribution is 5.28. The molecule has 0 saturated carbocycles. The van der Waals surface area contributed by atoms with Gasteiger partial charge in [-0.05, 0) is 18.6 Å². The number of nitrogens with two attached hydrogens (primary N) is 1. The zero-order valence-electron chi connectivity index (χ0n) is 9.13. The van der Waals surface area contributed by atoms with Crippen molar-refractivity contribution in [2.75, 3.05) is 0 Å². The Bertz CT molecular complexity index is 467. The van der Waals surface area contributed by atoms with Gasteiger partial charge in [-0.2, -0.15) is 5.10 Å². The SMILES string of the molecule is CCn1cc(Oc2cncc(CN)c2)cn1. The molecule has 5 heteroatoms. The highest BCUT2D eigenvalue weighted by Gasteiger charge is 2.01. The first-order valence-electron chi connectivity index (χ1n) is 5.16. The molecule has 2 aromatic rings. The van der Waals surface area contributed by atoms with Crippen molar-refractivity contribution in [3.05, 3.63) is 36.4 Å². The van der Waals surface area contributed by atoms with Gasteiger partial charge in [-0.3, -0.25) is 9.67 Å². The lowest BCUT2D eigenvalue weighted by atomic mass is 10.3. The summed E-state index contributed by atoms with van der Waals surface area (Å²) in [7, 11) is 0. The predicted octanol–water partition coefficient (Wildman–Crippen LogP) is 1.55. The molecule has 0 aliphatic rings. The molecule has 0 aliphatic carbocycles. The molecular formula is C11H14N4O. The van der Waals surface area contributed by atoms with Crippen molar-refractivity contribution in [1.82, 2.24) is 14.8 Å². The standard InChI is InChI=1S/C11H14N4O/c1-2-15-8-11(7-14-15)16-10-3-9(4-12)5-13-6-10/h3,5-8H,2,4,12H2,1H3. The lowest BCUT2D eigenvalue weighted by Crippen LogP contribution is -1.97. The molecule has 16 heavy (non-hydrogen) atoms. The van der Waals surface area contributed by atoms with Gasteiger partial charge in [-0.15, -0.1) is 0 Å². The van der Waals surface area contributed by atoms with Gasteiger partial charge in [-0.1, -0.05) is 0 Å². The van der Waals surface area contributed by atoms with Crippen LogP contribution in [0.1, 0.15) is 12.5 Å². The molecule has 0 radical (unpaired) electrons. The fourth-order valence-corrected chi connectivity index (χ4v) is 1.34. The first-order valence-corrected chi connectivity index (χ1v) is 5.16. The number of rotatable bonds is 4. The van der Waals surface area contributed by atoms with E-state index in [0.29, 0.717) is 18.0 Å². The van der Waals surface area contributed by atoms with E-state index in [-0.39, 0.29) is 0 Å². The maximum Gasteiger partial charge on any atom is 0.165 e. The zero-order chi connectivity index (χ0) is 11.4. The van der Waals surface area contributed by atoms with Crippen molar-refractivity contribution in [3.63, 3.8) is 0 Å². The maximum atomic E-state index is 5.60. The average Bonchev–Trinajstić information content (AvgIpc) is 2.77. The molecule has 0 spiro atoms. The van der Waals surface area contributed by atoms with Crippen LogP contribution < -0.4 is 10.5 Å². The quantitative estimate of drug-likeness (QED) is 0.845. The topological polar surface area (TPSA) is 66.0 Å². The summed E-state index contributed by atoms with van der Waals surface area (Å²) in [6.45, 7) is 3.30. The van der Waals surface area contributed by atoms with Gasteiger partial charge in [-0.25, -0.2) is 0 Å². The number of nitrogens with zero attached hydrogens (tertiary/aromatic N) is 3. The largest absolute Gasteiger partial charge is 0.452 e. The second kappa shape index (κ2) is 4.76. The molecule has 0 amide bonds. The van der Waals surface area contributed by atoms with E-state index in [2.05, 4.69) is 10.1 Å². The Morgan fingerprint density at radius 2 is 2.19 bits per heavy atom. The smallest absolute Gasteiger partial charge is 0.165 e. The molecule has 0 fully saturated rings. The van der Waals surface area contributed by atoms with Gasteiger partial charge in [0.05, 0.1) is 18.6 Å². The molecule has 0 aliphatic heterocycles. The monoisotopic (exact) mass is 218 g/mol. The summed E-state index contributed by atoms with van der Waals surface area (Å²) in [5, 5.41) is 4.12. The van der Waals surface area contributed by atoms with Crippen molar-refractivity contribution in [3.8, 4) is 11.5 Å². The van der Waals surface area contributed by atoms with E-state index in [0.717, 1.165) is 12.1 Å². The third-order valence-corrected chi connectivity index (χ3v) is 2.17. The number of aryl methyl sites for hydroxylation is 1. The van der Waals surface area contributed by atoms with E-state index >= 15 is 0 Å². The van der Waals surface area contributed by atoms with Gasteiger partial charge >= 0.3 is 0 Å². The number of hydrogen-bond acceptors (Lipinski definition) is 4. The van der Waals surface area contributed by atoms with E-state index in [1.54, 1.807) is 23.3 Å². The summed E-state index contributed by atoms with van der Waals surface area (Å²) in [6, 6.07) is 1.87. The molecule has 0 unspecified atom stereocenters. The normalized spacial score (nSPS) is 10.4. The van der Waals surface area contributed by atoms with Crippen molar-refractivity contribution < 1.29 is 4.74 Å². The predicted molar refractivity (Wildman–Crippen MR) is 60.1 cm³/mol. The summed E-state index contributed by atoms with van der Waals surface area (Å²) in [4.78, 5) is 4.05. The van der Waals surface area contributed by atoms with Crippen LogP contribution in [0.2, 0.25) is 0 Å². The molecule has 2 N–H and O–H groups in total. The van der Waals surface area contributed by atoms with Crippen LogP contribution in [0.3, 0.4) is 0 Å². The third kappa shape index (κ3) is 2.38. The first-order chi connectivity index (χ1) is 7.81. The van der Waals surface area contributed by atoms with Crippen LogP contribution in [0.5, 0.6) is 11.5 Å². The van der Waals surface area contributed by atoms with E-state index < -0.39 is 0 Å². The van der Waals surface area contributed by atoms with Crippen molar-refractivity contribution in [1.29, 1.82) is 0 Å². The average molecular weight is 218 g/mol. The fourth-order valence-electron chi connectivity index (χ4n) is 1.34. The lowest BCUT2D eigenvalue weighted by molar-refractivity contribution is 0.478. The Balaban J connectivity index is 2.13. The Morgan fingerprint density at radius 3 is 2.88 bits per heavy atom. The fraction of sp³-hybridized carbons (Fsp3) is 0.273. The molecule has 0 saturated heterocycles. The van der Waals surface area contributed by atoms with Gasteiger partial charge in [0.15, 0.2) is 5.75 Å². The van der Waals surface area contributed by atoms with E-state index in [4.69, 9.17) is 10.5 Å². The summed E-state index contributed by atoms with van der Waals surface area (Å²) in [6.07, 6.45) is 6.90. The minimum Gasteiger partial charge on any atom is -0.452 e. The van der Waals surface area contributed by atoms with Crippen LogP contribution in [0.15, 0.2) is 30.9 Å². The molecular weight excluding hydrogens is 204 g/mol. The summed E-state index contributed by atoms with van der Waals surface area (Å²) in [5.74, 6) is 1.39. The molecule has 0 atom stereocenters. The van der Waals surface area contributed by atoms with Crippen LogP contribution in [-0.2, 0) is 13.1 Å². The van der Waals surface area contributed by atoms with Gasteiger partial charge in [0.1, 0.15) is 5.75 Å². The molecule has 2 heterocycles.